The fourth-order valence-corrected chi connectivity index (χ4v) is 2.54. The first-order valence-electron chi connectivity index (χ1n) is 7.25. The van der Waals surface area contributed by atoms with Crippen LogP contribution >= 0.6 is 0 Å². The third-order valence-corrected chi connectivity index (χ3v) is 3.67. The fraction of sp³-hybridized carbons (Fsp3) is 0.333. The van der Waals surface area contributed by atoms with Crippen molar-refractivity contribution in [2.75, 3.05) is 18.5 Å². The Bertz CT molecular complexity index is 534. The van der Waals surface area contributed by atoms with Gasteiger partial charge in [-0.05, 0) is 37.0 Å². The van der Waals surface area contributed by atoms with Gasteiger partial charge < -0.3 is 10.6 Å². The Labute approximate surface area is 122 Å². The van der Waals surface area contributed by atoms with Crippen molar-refractivity contribution in [3.05, 3.63) is 65.2 Å². The van der Waals surface area contributed by atoms with Gasteiger partial charge >= 0.3 is 0 Å². The average Bonchev–Trinajstić information content (AvgIpc) is 2.48. The summed E-state index contributed by atoms with van der Waals surface area (Å²) in [6, 6.07) is 17.2. The van der Waals surface area contributed by atoms with Crippen LogP contribution in [0, 0.1) is 6.92 Å². The second-order valence-electron chi connectivity index (χ2n) is 5.35. The predicted molar refractivity (Wildman–Crippen MR) is 87.1 cm³/mol. The van der Waals surface area contributed by atoms with Crippen LogP contribution in [0.4, 0.5) is 5.69 Å². The Kier molecular flexibility index (Phi) is 5.19. The van der Waals surface area contributed by atoms with Crippen molar-refractivity contribution in [1.82, 2.24) is 0 Å². The van der Waals surface area contributed by atoms with E-state index < -0.39 is 0 Å². The lowest BCUT2D eigenvalue weighted by atomic mass is 10.1. The molecule has 2 nitrogen and oxygen atoms in total. The van der Waals surface area contributed by atoms with Crippen molar-refractivity contribution < 1.29 is 0 Å². The molecule has 0 fully saturated rings. The summed E-state index contributed by atoms with van der Waals surface area (Å²) in [5, 5.41) is 0. The lowest BCUT2D eigenvalue weighted by molar-refractivity contribution is 0.781. The average molecular weight is 268 g/mol. The number of hydrogen-bond donors (Lipinski definition) is 1. The third-order valence-electron chi connectivity index (χ3n) is 3.67. The first-order chi connectivity index (χ1) is 9.70. The summed E-state index contributed by atoms with van der Waals surface area (Å²) in [5.74, 6) is 0. The molecular formula is C18H24N2. The highest BCUT2D eigenvalue weighted by molar-refractivity contribution is 5.54. The van der Waals surface area contributed by atoms with Crippen LogP contribution in [0.25, 0.3) is 0 Å². The lowest BCUT2D eigenvalue weighted by Crippen LogP contribution is -2.21. The Balaban J connectivity index is 1.93. The zero-order chi connectivity index (χ0) is 14.4. The molecule has 2 aromatic carbocycles. The number of aryl methyl sites for hydroxylation is 2. The van der Waals surface area contributed by atoms with E-state index in [1.165, 1.54) is 22.4 Å². The van der Waals surface area contributed by atoms with Crippen molar-refractivity contribution in [2.45, 2.75) is 26.3 Å². The normalized spacial score (nSPS) is 10.6. The van der Waals surface area contributed by atoms with Crippen LogP contribution in [0.15, 0.2) is 48.5 Å². The summed E-state index contributed by atoms with van der Waals surface area (Å²) in [6.45, 7) is 3.75. The topological polar surface area (TPSA) is 29.3 Å². The van der Waals surface area contributed by atoms with Gasteiger partial charge in [-0.2, -0.15) is 0 Å². The van der Waals surface area contributed by atoms with E-state index in [9.17, 15) is 0 Å². The van der Waals surface area contributed by atoms with Crippen molar-refractivity contribution >= 4 is 5.69 Å². The van der Waals surface area contributed by atoms with E-state index in [0.29, 0.717) is 6.54 Å². The van der Waals surface area contributed by atoms with E-state index in [4.69, 9.17) is 5.73 Å². The van der Waals surface area contributed by atoms with Gasteiger partial charge in [-0.15, -0.1) is 0 Å². The molecule has 0 spiro atoms. The Morgan fingerprint density at radius 2 is 1.80 bits per heavy atom. The number of hydrogen-bond acceptors (Lipinski definition) is 2. The van der Waals surface area contributed by atoms with Gasteiger partial charge in [0.25, 0.3) is 0 Å². The molecule has 0 aliphatic rings. The van der Waals surface area contributed by atoms with Gasteiger partial charge in [0.1, 0.15) is 0 Å². The molecule has 0 saturated carbocycles. The molecule has 0 aliphatic heterocycles. The summed E-state index contributed by atoms with van der Waals surface area (Å²) in [5.41, 5.74) is 11.0. The molecule has 0 bridgehead atoms. The Hall–Kier alpha value is -1.80. The van der Waals surface area contributed by atoms with Gasteiger partial charge in [0.15, 0.2) is 0 Å². The molecular weight excluding hydrogens is 244 g/mol. The van der Waals surface area contributed by atoms with Crippen molar-refractivity contribution in [1.29, 1.82) is 0 Å². The highest BCUT2D eigenvalue weighted by atomic mass is 15.1. The second-order valence-corrected chi connectivity index (χ2v) is 5.35. The molecule has 0 unspecified atom stereocenters. The van der Waals surface area contributed by atoms with Crippen LogP contribution in [0.1, 0.15) is 23.1 Å². The van der Waals surface area contributed by atoms with Gasteiger partial charge in [-0.1, -0.05) is 48.0 Å². The van der Waals surface area contributed by atoms with Crippen LogP contribution in [0.2, 0.25) is 0 Å². The molecule has 2 N–H and O–H groups in total. The van der Waals surface area contributed by atoms with E-state index in [1.54, 1.807) is 0 Å². The molecule has 2 rings (SSSR count). The van der Waals surface area contributed by atoms with Crippen LogP contribution in [0.5, 0.6) is 0 Å². The molecule has 0 aromatic heterocycles. The summed E-state index contributed by atoms with van der Waals surface area (Å²) in [7, 11) is 2.15. The minimum Gasteiger partial charge on any atom is -0.374 e. The quantitative estimate of drug-likeness (QED) is 0.868. The maximum Gasteiger partial charge on any atom is 0.0409 e. The van der Waals surface area contributed by atoms with Crippen molar-refractivity contribution in [2.24, 2.45) is 5.73 Å². The van der Waals surface area contributed by atoms with Crippen LogP contribution in [0.3, 0.4) is 0 Å². The van der Waals surface area contributed by atoms with Gasteiger partial charge in [0.2, 0.25) is 0 Å². The molecule has 0 saturated heterocycles. The number of nitrogens with two attached hydrogens (primary N) is 1. The minimum atomic E-state index is 0.597. The zero-order valence-electron chi connectivity index (χ0n) is 12.5. The molecule has 2 aromatic rings. The summed E-state index contributed by atoms with van der Waals surface area (Å²) < 4.78 is 0. The largest absolute Gasteiger partial charge is 0.374 e. The summed E-state index contributed by atoms with van der Waals surface area (Å²) >= 11 is 0. The van der Waals surface area contributed by atoms with E-state index >= 15 is 0 Å². The van der Waals surface area contributed by atoms with Gasteiger partial charge in [-0.25, -0.2) is 0 Å². The number of anilines is 1. The predicted octanol–water partition coefficient (Wildman–Crippen LogP) is 3.52. The van der Waals surface area contributed by atoms with Crippen LogP contribution in [-0.2, 0) is 13.0 Å². The molecule has 106 valence electrons. The van der Waals surface area contributed by atoms with Crippen molar-refractivity contribution in [3.63, 3.8) is 0 Å². The summed E-state index contributed by atoms with van der Waals surface area (Å²) in [6.07, 6.45) is 2.27. The Morgan fingerprint density at radius 1 is 1.05 bits per heavy atom. The minimum absolute atomic E-state index is 0.597. The van der Waals surface area contributed by atoms with E-state index in [-0.39, 0.29) is 0 Å². The highest BCUT2D eigenvalue weighted by Crippen LogP contribution is 2.21. The molecule has 2 heteroatoms. The standard InChI is InChI=1S/C18H24N2/c1-15-10-11-18(17(13-15)14-19)20(2)12-6-9-16-7-4-3-5-8-16/h3-5,7-8,10-11,13H,6,9,12,14,19H2,1-2H3. The van der Waals surface area contributed by atoms with Gasteiger partial charge in [0, 0.05) is 25.8 Å². The molecule has 20 heavy (non-hydrogen) atoms. The van der Waals surface area contributed by atoms with Crippen LogP contribution in [-0.4, -0.2) is 13.6 Å². The monoisotopic (exact) mass is 268 g/mol. The number of benzene rings is 2. The fourth-order valence-electron chi connectivity index (χ4n) is 2.54. The maximum atomic E-state index is 5.85. The van der Waals surface area contributed by atoms with Crippen molar-refractivity contribution in [3.8, 4) is 0 Å². The number of rotatable bonds is 6. The van der Waals surface area contributed by atoms with Crippen LogP contribution < -0.4 is 10.6 Å². The smallest absolute Gasteiger partial charge is 0.0409 e. The molecule has 0 atom stereocenters. The second kappa shape index (κ2) is 7.11. The maximum absolute atomic E-state index is 5.85. The van der Waals surface area contributed by atoms with E-state index in [1.807, 2.05) is 0 Å². The summed E-state index contributed by atoms with van der Waals surface area (Å²) in [4.78, 5) is 2.31. The molecule has 0 radical (unpaired) electrons. The molecule has 0 amide bonds. The third kappa shape index (κ3) is 3.84. The van der Waals surface area contributed by atoms with Gasteiger partial charge in [-0.3, -0.25) is 0 Å². The molecule has 0 heterocycles. The van der Waals surface area contributed by atoms with E-state index in [0.717, 1.165) is 19.4 Å². The number of nitrogens with zero attached hydrogens (tertiary/aromatic N) is 1. The Morgan fingerprint density at radius 3 is 2.50 bits per heavy atom. The highest BCUT2D eigenvalue weighted by Gasteiger charge is 2.06. The lowest BCUT2D eigenvalue weighted by Gasteiger charge is -2.22. The van der Waals surface area contributed by atoms with Gasteiger partial charge in [0.05, 0.1) is 0 Å². The van der Waals surface area contributed by atoms with E-state index in [2.05, 4.69) is 67.4 Å². The zero-order valence-corrected chi connectivity index (χ0v) is 12.5. The molecule has 0 aliphatic carbocycles. The first kappa shape index (κ1) is 14.6. The first-order valence-corrected chi connectivity index (χ1v) is 7.25. The SMILES string of the molecule is Cc1ccc(N(C)CCCc2ccccc2)c(CN)c1.